The van der Waals surface area contributed by atoms with Crippen LogP contribution in [0.4, 0.5) is 17.5 Å². The van der Waals surface area contributed by atoms with Gasteiger partial charge in [0.1, 0.15) is 5.82 Å². The minimum absolute atomic E-state index is 0.214. The van der Waals surface area contributed by atoms with E-state index in [4.69, 9.17) is 9.47 Å². The minimum atomic E-state index is 0.214. The Hall–Kier alpha value is -3.35. The Kier molecular flexibility index (Phi) is 5.71. The Morgan fingerprint density at radius 1 is 0.889 bits per heavy atom. The normalized spacial score (nSPS) is 10.6. The van der Waals surface area contributed by atoms with E-state index < -0.39 is 0 Å². The lowest BCUT2D eigenvalue weighted by Crippen LogP contribution is -2.13. The van der Waals surface area contributed by atoms with Gasteiger partial charge in [-0.05, 0) is 38.1 Å². The van der Waals surface area contributed by atoms with Crippen molar-refractivity contribution < 1.29 is 9.47 Å². The van der Waals surface area contributed by atoms with Crippen molar-refractivity contribution in [2.24, 2.45) is 0 Å². The summed E-state index contributed by atoms with van der Waals surface area (Å²) in [4.78, 5) is 13.3. The highest BCUT2D eigenvalue weighted by atomic mass is 16.5. The number of rotatable bonds is 7. The predicted molar refractivity (Wildman–Crippen MR) is 107 cm³/mol. The summed E-state index contributed by atoms with van der Waals surface area (Å²) in [5.74, 6) is 2.55. The van der Waals surface area contributed by atoms with E-state index in [1.165, 1.54) is 0 Å². The van der Waals surface area contributed by atoms with E-state index in [2.05, 4.69) is 25.6 Å². The van der Waals surface area contributed by atoms with Crippen LogP contribution in [0.15, 0.2) is 48.8 Å². The zero-order valence-electron chi connectivity index (χ0n) is 15.9. The average Bonchev–Trinajstić information content (AvgIpc) is 2.68. The first-order valence-electron chi connectivity index (χ1n) is 8.64. The molecule has 0 fully saturated rings. The number of pyridine rings is 1. The van der Waals surface area contributed by atoms with Gasteiger partial charge in [-0.25, -0.2) is 4.98 Å². The second kappa shape index (κ2) is 8.35. The SMILES string of the molecule is COc1ccc(Nc2cc(-c3ccncc3)nc(NC(C)C)n2)cc1OC. The smallest absolute Gasteiger partial charge is 0.225 e. The Morgan fingerprint density at radius 3 is 2.30 bits per heavy atom. The lowest BCUT2D eigenvalue weighted by molar-refractivity contribution is 0.355. The summed E-state index contributed by atoms with van der Waals surface area (Å²) in [5, 5.41) is 6.57. The van der Waals surface area contributed by atoms with Crippen molar-refractivity contribution in [3.63, 3.8) is 0 Å². The number of methoxy groups -OCH3 is 2. The molecule has 0 atom stereocenters. The highest BCUT2D eigenvalue weighted by Crippen LogP contribution is 2.31. The van der Waals surface area contributed by atoms with E-state index in [0.717, 1.165) is 16.9 Å². The average molecular weight is 365 g/mol. The number of anilines is 3. The van der Waals surface area contributed by atoms with Crippen LogP contribution in [-0.4, -0.2) is 35.2 Å². The minimum Gasteiger partial charge on any atom is -0.493 e. The van der Waals surface area contributed by atoms with Crippen LogP contribution in [0.2, 0.25) is 0 Å². The maximum atomic E-state index is 5.37. The van der Waals surface area contributed by atoms with E-state index in [9.17, 15) is 0 Å². The van der Waals surface area contributed by atoms with Crippen molar-refractivity contribution in [1.82, 2.24) is 15.0 Å². The molecule has 3 rings (SSSR count). The third-order valence-corrected chi connectivity index (χ3v) is 3.78. The van der Waals surface area contributed by atoms with E-state index in [1.807, 2.05) is 50.2 Å². The lowest BCUT2D eigenvalue weighted by atomic mass is 10.2. The van der Waals surface area contributed by atoms with Gasteiger partial charge in [0, 0.05) is 41.8 Å². The molecule has 0 aliphatic heterocycles. The molecule has 0 radical (unpaired) electrons. The molecule has 0 aliphatic carbocycles. The van der Waals surface area contributed by atoms with Crippen molar-refractivity contribution in [2.75, 3.05) is 24.9 Å². The topological polar surface area (TPSA) is 81.2 Å². The predicted octanol–water partition coefficient (Wildman–Crippen LogP) is 4.12. The van der Waals surface area contributed by atoms with Gasteiger partial charge in [0.05, 0.1) is 19.9 Å². The summed E-state index contributed by atoms with van der Waals surface area (Å²) < 4.78 is 10.7. The van der Waals surface area contributed by atoms with Crippen molar-refractivity contribution in [3.05, 3.63) is 48.8 Å². The first-order chi connectivity index (χ1) is 13.1. The van der Waals surface area contributed by atoms with E-state index in [0.29, 0.717) is 23.3 Å². The van der Waals surface area contributed by atoms with Crippen LogP contribution < -0.4 is 20.1 Å². The molecule has 7 heteroatoms. The maximum absolute atomic E-state index is 5.37. The van der Waals surface area contributed by atoms with Gasteiger partial charge in [-0.15, -0.1) is 0 Å². The monoisotopic (exact) mass is 365 g/mol. The Bertz CT molecular complexity index is 900. The van der Waals surface area contributed by atoms with Crippen LogP contribution in [-0.2, 0) is 0 Å². The molecule has 2 aromatic heterocycles. The number of benzene rings is 1. The van der Waals surface area contributed by atoms with Crippen molar-refractivity contribution in [1.29, 1.82) is 0 Å². The molecule has 0 spiro atoms. The molecule has 27 heavy (non-hydrogen) atoms. The zero-order valence-corrected chi connectivity index (χ0v) is 15.9. The van der Waals surface area contributed by atoms with E-state index in [-0.39, 0.29) is 6.04 Å². The molecule has 7 nitrogen and oxygen atoms in total. The summed E-state index contributed by atoms with van der Waals surface area (Å²) in [6.45, 7) is 4.09. The standard InChI is InChI=1S/C20H23N5O2/c1-13(2)22-20-24-16(14-7-9-21-10-8-14)12-19(25-20)23-15-5-6-17(26-3)18(11-15)27-4/h5-13H,1-4H3,(H2,22,23,24,25). The number of aromatic nitrogens is 3. The third-order valence-electron chi connectivity index (χ3n) is 3.78. The van der Waals surface area contributed by atoms with E-state index in [1.54, 1.807) is 26.6 Å². The van der Waals surface area contributed by atoms with Crippen LogP contribution in [0.3, 0.4) is 0 Å². The van der Waals surface area contributed by atoms with Gasteiger partial charge < -0.3 is 20.1 Å². The first kappa shape index (κ1) is 18.4. The zero-order chi connectivity index (χ0) is 19.2. The van der Waals surface area contributed by atoms with E-state index >= 15 is 0 Å². The van der Waals surface area contributed by atoms with Crippen LogP contribution in [0.1, 0.15) is 13.8 Å². The van der Waals surface area contributed by atoms with Gasteiger partial charge in [0.15, 0.2) is 11.5 Å². The molecule has 0 bridgehead atoms. The van der Waals surface area contributed by atoms with Crippen molar-refractivity contribution >= 4 is 17.5 Å². The van der Waals surface area contributed by atoms with Crippen molar-refractivity contribution in [2.45, 2.75) is 19.9 Å². The fourth-order valence-corrected chi connectivity index (χ4v) is 2.57. The molecule has 140 valence electrons. The van der Waals surface area contributed by atoms with Gasteiger partial charge >= 0.3 is 0 Å². The summed E-state index contributed by atoms with van der Waals surface area (Å²) >= 11 is 0. The highest BCUT2D eigenvalue weighted by Gasteiger charge is 2.10. The summed E-state index contributed by atoms with van der Waals surface area (Å²) in [7, 11) is 3.22. The number of ether oxygens (including phenoxy) is 2. The molecule has 0 saturated carbocycles. The fraction of sp³-hybridized carbons (Fsp3) is 0.250. The largest absolute Gasteiger partial charge is 0.493 e. The molecule has 2 heterocycles. The Balaban J connectivity index is 1.96. The number of hydrogen-bond donors (Lipinski definition) is 2. The van der Waals surface area contributed by atoms with Gasteiger partial charge in [0.25, 0.3) is 0 Å². The summed E-state index contributed by atoms with van der Waals surface area (Å²) in [6.07, 6.45) is 3.49. The molecule has 2 N–H and O–H groups in total. The molecular weight excluding hydrogens is 342 g/mol. The van der Waals surface area contributed by atoms with Crippen LogP contribution in [0.25, 0.3) is 11.3 Å². The fourth-order valence-electron chi connectivity index (χ4n) is 2.57. The van der Waals surface area contributed by atoms with Crippen LogP contribution >= 0.6 is 0 Å². The van der Waals surface area contributed by atoms with Gasteiger partial charge in [-0.2, -0.15) is 4.98 Å². The quantitative estimate of drug-likeness (QED) is 0.652. The molecule has 0 aliphatic rings. The molecule has 0 amide bonds. The van der Waals surface area contributed by atoms with Crippen molar-refractivity contribution in [3.8, 4) is 22.8 Å². The van der Waals surface area contributed by atoms with Gasteiger partial charge in [0.2, 0.25) is 5.95 Å². The Morgan fingerprint density at radius 2 is 1.63 bits per heavy atom. The van der Waals surface area contributed by atoms with Gasteiger partial charge in [-0.1, -0.05) is 0 Å². The van der Waals surface area contributed by atoms with Crippen LogP contribution in [0.5, 0.6) is 11.5 Å². The number of nitrogens with one attached hydrogen (secondary N) is 2. The molecule has 0 unspecified atom stereocenters. The Labute approximate surface area is 158 Å². The highest BCUT2D eigenvalue weighted by molar-refractivity contribution is 5.68. The summed E-state index contributed by atoms with van der Waals surface area (Å²) in [5.41, 5.74) is 2.61. The third kappa shape index (κ3) is 4.63. The number of nitrogens with zero attached hydrogens (tertiary/aromatic N) is 3. The first-order valence-corrected chi connectivity index (χ1v) is 8.64. The molecule has 0 saturated heterocycles. The lowest BCUT2D eigenvalue weighted by Gasteiger charge is -2.14. The molecular formula is C20H23N5O2. The second-order valence-corrected chi connectivity index (χ2v) is 6.19. The van der Waals surface area contributed by atoms with Crippen LogP contribution in [0, 0.1) is 0 Å². The number of hydrogen-bond acceptors (Lipinski definition) is 7. The second-order valence-electron chi connectivity index (χ2n) is 6.19. The molecule has 3 aromatic rings. The summed E-state index contributed by atoms with van der Waals surface area (Å²) in [6, 6.07) is 11.6. The molecule has 1 aromatic carbocycles. The maximum Gasteiger partial charge on any atom is 0.225 e. The van der Waals surface area contributed by atoms with Gasteiger partial charge in [-0.3, -0.25) is 4.98 Å².